The van der Waals surface area contributed by atoms with Gasteiger partial charge >= 0.3 is 12.1 Å². The molecule has 0 unspecified atom stereocenters. The summed E-state index contributed by atoms with van der Waals surface area (Å²) in [6.07, 6.45) is -3.28. The van der Waals surface area contributed by atoms with Crippen LogP contribution in [0.4, 0.5) is 24.5 Å². The van der Waals surface area contributed by atoms with Crippen LogP contribution in [0.3, 0.4) is 0 Å². The van der Waals surface area contributed by atoms with Crippen LogP contribution in [0.15, 0.2) is 48.7 Å². The lowest BCUT2D eigenvalue weighted by Gasteiger charge is -2.15. The van der Waals surface area contributed by atoms with E-state index in [1.165, 1.54) is 12.3 Å². The normalized spacial score (nSPS) is 11.1. The largest absolute Gasteiger partial charge is 0.462 e. The predicted octanol–water partition coefficient (Wildman–Crippen LogP) is 5.05. The molecule has 0 radical (unpaired) electrons. The number of carbonyl (C=O) groups is 1. The number of carbonyl (C=O) groups excluding carboxylic acids is 1. The van der Waals surface area contributed by atoms with E-state index >= 15 is 0 Å². The van der Waals surface area contributed by atoms with E-state index in [4.69, 9.17) is 10.00 Å². The Morgan fingerprint density at radius 3 is 2.54 bits per heavy atom. The maximum absolute atomic E-state index is 13.2. The number of ether oxygens (including phenoxy) is 1. The van der Waals surface area contributed by atoms with Crippen LogP contribution in [0.25, 0.3) is 10.9 Å². The van der Waals surface area contributed by atoms with E-state index in [0.29, 0.717) is 11.3 Å². The Balaban J connectivity index is 2.19. The Morgan fingerprint density at radius 2 is 1.93 bits per heavy atom. The standard InChI is InChI=1S/C20H14F3N3O2/c1-2-28-19(27)16-11-25-17-8-5-13(20(21,22)23)9-15(17)18(16)26-14-6-3-12(10-24)4-7-14/h3-9,11H,2H2,1H3,(H,25,26). The van der Waals surface area contributed by atoms with Crippen molar-refractivity contribution in [3.8, 4) is 6.07 Å². The lowest BCUT2D eigenvalue weighted by molar-refractivity contribution is -0.137. The van der Waals surface area contributed by atoms with Gasteiger partial charge in [0.2, 0.25) is 0 Å². The molecule has 0 atom stereocenters. The first-order chi connectivity index (χ1) is 13.3. The molecule has 0 aliphatic rings. The first-order valence-corrected chi connectivity index (χ1v) is 8.27. The van der Waals surface area contributed by atoms with Gasteiger partial charge in [-0.05, 0) is 49.4 Å². The van der Waals surface area contributed by atoms with Crippen LogP contribution < -0.4 is 5.32 Å². The molecule has 1 aromatic heterocycles. The number of halogens is 3. The molecule has 8 heteroatoms. The molecule has 0 amide bonds. The molecular weight excluding hydrogens is 371 g/mol. The summed E-state index contributed by atoms with van der Waals surface area (Å²) in [6, 6.07) is 11.4. The van der Waals surface area contributed by atoms with Gasteiger partial charge < -0.3 is 10.1 Å². The van der Waals surface area contributed by atoms with Crippen LogP contribution in [0, 0.1) is 11.3 Å². The van der Waals surface area contributed by atoms with Crippen LogP contribution in [0.5, 0.6) is 0 Å². The van der Waals surface area contributed by atoms with Crippen LogP contribution >= 0.6 is 0 Å². The second-order valence-electron chi connectivity index (χ2n) is 5.81. The van der Waals surface area contributed by atoms with Crippen LogP contribution in [-0.4, -0.2) is 17.6 Å². The molecule has 3 aromatic rings. The molecule has 2 aromatic carbocycles. The van der Waals surface area contributed by atoms with Crippen molar-refractivity contribution in [3.63, 3.8) is 0 Å². The smallest absolute Gasteiger partial charge is 0.416 e. The maximum atomic E-state index is 13.2. The number of nitrogens with one attached hydrogen (secondary N) is 1. The van der Waals surface area contributed by atoms with Gasteiger partial charge in [0, 0.05) is 17.3 Å². The van der Waals surface area contributed by atoms with Gasteiger partial charge in [-0.15, -0.1) is 0 Å². The quantitative estimate of drug-likeness (QED) is 0.637. The van der Waals surface area contributed by atoms with Crippen LogP contribution in [0.2, 0.25) is 0 Å². The molecule has 0 saturated carbocycles. The van der Waals surface area contributed by atoms with Crippen LogP contribution in [-0.2, 0) is 10.9 Å². The van der Waals surface area contributed by atoms with Gasteiger partial charge in [-0.3, -0.25) is 4.98 Å². The summed E-state index contributed by atoms with van der Waals surface area (Å²) in [5.74, 6) is -0.703. The van der Waals surface area contributed by atoms with Crippen molar-refractivity contribution in [2.45, 2.75) is 13.1 Å². The van der Waals surface area contributed by atoms with E-state index in [-0.39, 0.29) is 28.8 Å². The van der Waals surface area contributed by atoms with E-state index in [1.54, 1.807) is 31.2 Å². The number of benzene rings is 2. The Morgan fingerprint density at radius 1 is 1.21 bits per heavy atom. The average Bonchev–Trinajstić information content (AvgIpc) is 2.68. The van der Waals surface area contributed by atoms with E-state index in [1.807, 2.05) is 6.07 Å². The Kier molecular flexibility index (Phi) is 5.18. The minimum Gasteiger partial charge on any atom is -0.462 e. The molecule has 142 valence electrons. The van der Waals surface area contributed by atoms with Gasteiger partial charge in [0.15, 0.2) is 0 Å². The van der Waals surface area contributed by atoms with Gasteiger partial charge in [-0.1, -0.05) is 0 Å². The molecule has 0 aliphatic heterocycles. The van der Waals surface area contributed by atoms with E-state index < -0.39 is 17.7 Å². The SMILES string of the molecule is CCOC(=O)c1cnc2ccc(C(F)(F)F)cc2c1Nc1ccc(C#N)cc1. The number of hydrogen-bond donors (Lipinski definition) is 1. The van der Waals surface area contributed by atoms with E-state index in [9.17, 15) is 18.0 Å². The zero-order valence-corrected chi connectivity index (χ0v) is 14.7. The maximum Gasteiger partial charge on any atom is 0.416 e. The lowest BCUT2D eigenvalue weighted by atomic mass is 10.1. The Hall–Kier alpha value is -3.60. The number of fused-ring (bicyclic) bond motifs is 1. The van der Waals surface area contributed by atoms with Crippen molar-refractivity contribution in [1.29, 1.82) is 5.26 Å². The summed E-state index contributed by atoms with van der Waals surface area (Å²) >= 11 is 0. The topological polar surface area (TPSA) is 75.0 Å². The third kappa shape index (κ3) is 3.88. The number of nitrogens with zero attached hydrogens (tertiary/aromatic N) is 2. The zero-order chi connectivity index (χ0) is 20.3. The number of aromatic nitrogens is 1. The number of hydrogen-bond acceptors (Lipinski definition) is 5. The highest BCUT2D eigenvalue weighted by atomic mass is 19.4. The number of anilines is 2. The molecule has 0 spiro atoms. The van der Waals surface area contributed by atoms with Crippen molar-refractivity contribution < 1.29 is 22.7 Å². The monoisotopic (exact) mass is 385 g/mol. The van der Waals surface area contributed by atoms with Gasteiger partial charge in [0.25, 0.3) is 0 Å². The molecule has 0 bridgehead atoms. The third-order valence-electron chi connectivity index (χ3n) is 3.97. The van der Waals surface area contributed by atoms with Gasteiger partial charge in [-0.2, -0.15) is 18.4 Å². The van der Waals surface area contributed by atoms with Crippen molar-refractivity contribution in [2.75, 3.05) is 11.9 Å². The minimum absolute atomic E-state index is 0.0121. The molecule has 1 heterocycles. The number of rotatable bonds is 4. The molecule has 0 fully saturated rings. The summed E-state index contributed by atoms with van der Waals surface area (Å²) in [5.41, 5.74) is 0.518. The average molecular weight is 385 g/mol. The molecule has 0 aliphatic carbocycles. The molecule has 28 heavy (non-hydrogen) atoms. The fourth-order valence-electron chi connectivity index (χ4n) is 2.64. The highest BCUT2D eigenvalue weighted by molar-refractivity contribution is 6.06. The Labute approximate surface area is 158 Å². The van der Waals surface area contributed by atoms with Gasteiger partial charge in [0.05, 0.1) is 35.0 Å². The minimum atomic E-state index is -4.54. The highest BCUT2D eigenvalue weighted by Crippen LogP contribution is 2.35. The number of nitriles is 1. The number of alkyl halides is 3. The zero-order valence-electron chi connectivity index (χ0n) is 14.7. The van der Waals surface area contributed by atoms with Gasteiger partial charge in [-0.25, -0.2) is 4.79 Å². The Bertz CT molecular complexity index is 1070. The first-order valence-electron chi connectivity index (χ1n) is 8.27. The third-order valence-corrected chi connectivity index (χ3v) is 3.97. The first kappa shape index (κ1) is 19.2. The number of esters is 1. The van der Waals surface area contributed by atoms with E-state index in [2.05, 4.69) is 10.3 Å². The van der Waals surface area contributed by atoms with Crippen LogP contribution in [0.1, 0.15) is 28.4 Å². The fourth-order valence-corrected chi connectivity index (χ4v) is 2.64. The number of pyridine rings is 1. The highest BCUT2D eigenvalue weighted by Gasteiger charge is 2.31. The van der Waals surface area contributed by atoms with Crippen molar-refractivity contribution in [3.05, 3.63) is 65.4 Å². The summed E-state index contributed by atoms with van der Waals surface area (Å²) in [5, 5.41) is 12.0. The molecule has 0 saturated heterocycles. The molecule has 1 N–H and O–H groups in total. The summed E-state index contributed by atoms with van der Waals surface area (Å²) < 4.78 is 44.5. The summed E-state index contributed by atoms with van der Waals surface area (Å²) in [4.78, 5) is 16.4. The lowest BCUT2D eigenvalue weighted by Crippen LogP contribution is -2.10. The van der Waals surface area contributed by atoms with Crippen molar-refractivity contribution >= 4 is 28.2 Å². The fraction of sp³-hybridized carbons (Fsp3) is 0.150. The molecule has 5 nitrogen and oxygen atoms in total. The van der Waals surface area contributed by atoms with Crippen molar-refractivity contribution in [1.82, 2.24) is 4.98 Å². The summed E-state index contributed by atoms with van der Waals surface area (Å²) in [7, 11) is 0. The second kappa shape index (κ2) is 7.56. The predicted molar refractivity (Wildman–Crippen MR) is 97.1 cm³/mol. The van der Waals surface area contributed by atoms with E-state index in [0.717, 1.165) is 12.1 Å². The van der Waals surface area contributed by atoms with Crippen molar-refractivity contribution in [2.24, 2.45) is 0 Å². The molecular formula is C20H14F3N3O2. The second-order valence-corrected chi connectivity index (χ2v) is 5.81. The summed E-state index contributed by atoms with van der Waals surface area (Å²) in [6.45, 7) is 1.73. The van der Waals surface area contributed by atoms with Gasteiger partial charge in [0.1, 0.15) is 5.56 Å². The molecule has 3 rings (SSSR count).